The second-order valence-corrected chi connectivity index (χ2v) is 6.54. The molecule has 0 aliphatic carbocycles. The molecule has 1 fully saturated rings. The smallest absolute Gasteiger partial charge is 0.232 e. The van der Waals surface area contributed by atoms with Crippen molar-refractivity contribution in [2.24, 2.45) is 5.73 Å². The summed E-state index contributed by atoms with van der Waals surface area (Å²) in [6, 6.07) is 0.126. The second kappa shape index (κ2) is 6.32. The van der Waals surface area contributed by atoms with E-state index in [9.17, 15) is 13.2 Å². The molecule has 2 atom stereocenters. The van der Waals surface area contributed by atoms with Crippen LogP contribution in [0.5, 0.6) is 0 Å². The molecule has 0 spiro atoms. The first-order valence-electron chi connectivity index (χ1n) is 5.74. The molecule has 1 heterocycles. The van der Waals surface area contributed by atoms with Gasteiger partial charge in [-0.3, -0.25) is 4.79 Å². The number of carbonyl (C=O) groups excluding carboxylic acids is 1. The fourth-order valence-corrected chi connectivity index (χ4v) is 2.87. The third-order valence-electron chi connectivity index (χ3n) is 2.76. The minimum absolute atomic E-state index is 0.0764. The van der Waals surface area contributed by atoms with Gasteiger partial charge in [0.2, 0.25) is 5.91 Å². The quantitative estimate of drug-likeness (QED) is 0.617. The molecule has 1 saturated heterocycles. The van der Waals surface area contributed by atoms with E-state index in [1.807, 2.05) is 6.92 Å². The zero-order valence-electron chi connectivity index (χ0n) is 10.0. The van der Waals surface area contributed by atoms with Gasteiger partial charge in [-0.15, -0.1) is 0 Å². The Hall–Kier alpha value is -0.660. The summed E-state index contributed by atoms with van der Waals surface area (Å²) in [7, 11) is -3.38. The first kappa shape index (κ1) is 14.4. The Morgan fingerprint density at radius 1 is 1.59 bits per heavy atom. The monoisotopic (exact) mass is 264 g/mol. The molecule has 100 valence electrons. The van der Waals surface area contributed by atoms with Crippen LogP contribution in [0.4, 0.5) is 0 Å². The van der Waals surface area contributed by atoms with Crippen LogP contribution in [0.3, 0.4) is 0 Å². The van der Waals surface area contributed by atoms with Gasteiger partial charge in [0.15, 0.2) is 9.84 Å². The number of amides is 1. The van der Waals surface area contributed by atoms with E-state index in [0.29, 0.717) is 6.54 Å². The average molecular weight is 264 g/mol. The number of nitrogens with two attached hydrogens (primary N) is 1. The molecule has 7 heteroatoms. The summed E-state index contributed by atoms with van der Waals surface area (Å²) >= 11 is 0. The predicted molar refractivity (Wildman–Crippen MR) is 64.3 cm³/mol. The highest BCUT2D eigenvalue weighted by Crippen LogP contribution is 2.15. The zero-order valence-corrected chi connectivity index (χ0v) is 10.8. The molecule has 3 N–H and O–H groups in total. The van der Waals surface area contributed by atoms with Crippen LogP contribution in [0.2, 0.25) is 0 Å². The van der Waals surface area contributed by atoms with Crippen LogP contribution in [-0.4, -0.2) is 51.1 Å². The number of hydrogen-bond donors (Lipinski definition) is 2. The van der Waals surface area contributed by atoms with Gasteiger partial charge in [-0.05, 0) is 19.8 Å². The van der Waals surface area contributed by atoms with E-state index in [1.54, 1.807) is 0 Å². The fourth-order valence-electron chi connectivity index (χ4n) is 1.86. The topological polar surface area (TPSA) is 98.5 Å². The normalized spacial score (nSPS) is 22.5. The Kier molecular flexibility index (Phi) is 5.35. The maximum atomic E-state index is 11.4. The number of rotatable bonds is 7. The number of sulfone groups is 1. The summed E-state index contributed by atoms with van der Waals surface area (Å²) in [5, 5.41) is 3.10. The van der Waals surface area contributed by atoms with Gasteiger partial charge < -0.3 is 15.8 Å². The third kappa shape index (κ3) is 5.47. The van der Waals surface area contributed by atoms with E-state index < -0.39 is 21.5 Å². The molecule has 1 amide bonds. The summed E-state index contributed by atoms with van der Waals surface area (Å²) in [5.74, 6) is -1.46. The van der Waals surface area contributed by atoms with Crippen LogP contribution in [-0.2, 0) is 19.4 Å². The number of primary amides is 1. The van der Waals surface area contributed by atoms with Crippen LogP contribution in [0.15, 0.2) is 0 Å². The van der Waals surface area contributed by atoms with Gasteiger partial charge >= 0.3 is 0 Å². The molecule has 0 saturated carbocycles. The maximum absolute atomic E-state index is 11.4. The highest BCUT2D eigenvalue weighted by Gasteiger charge is 2.22. The van der Waals surface area contributed by atoms with Crippen LogP contribution in [0, 0.1) is 0 Å². The predicted octanol–water partition coefficient (Wildman–Crippen LogP) is -0.956. The van der Waals surface area contributed by atoms with E-state index >= 15 is 0 Å². The van der Waals surface area contributed by atoms with Gasteiger partial charge in [0, 0.05) is 19.2 Å². The third-order valence-corrected chi connectivity index (χ3v) is 4.31. The van der Waals surface area contributed by atoms with Crippen LogP contribution < -0.4 is 11.1 Å². The summed E-state index contributed by atoms with van der Waals surface area (Å²) in [4.78, 5) is 10.5. The first-order valence-corrected chi connectivity index (χ1v) is 7.56. The average Bonchev–Trinajstić information content (AvgIpc) is 2.67. The lowest BCUT2D eigenvalue weighted by Crippen LogP contribution is -2.40. The largest absolute Gasteiger partial charge is 0.377 e. The van der Waals surface area contributed by atoms with Gasteiger partial charge in [-0.1, -0.05) is 0 Å². The number of nitrogens with one attached hydrogen (secondary N) is 1. The Morgan fingerprint density at radius 2 is 2.29 bits per heavy atom. The summed E-state index contributed by atoms with van der Waals surface area (Å²) in [5.41, 5.74) is 4.85. The molecule has 0 aromatic rings. The van der Waals surface area contributed by atoms with Crippen molar-refractivity contribution in [3.8, 4) is 0 Å². The van der Waals surface area contributed by atoms with Crippen molar-refractivity contribution >= 4 is 15.7 Å². The van der Waals surface area contributed by atoms with Crippen molar-refractivity contribution in [2.45, 2.75) is 31.9 Å². The van der Waals surface area contributed by atoms with Crippen molar-refractivity contribution in [1.29, 1.82) is 0 Å². The molecule has 17 heavy (non-hydrogen) atoms. The van der Waals surface area contributed by atoms with E-state index in [4.69, 9.17) is 10.5 Å². The Morgan fingerprint density at radius 3 is 2.82 bits per heavy atom. The Labute approximate surface area is 102 Å². The lowest BCUT2D eigenvalue weighted by molar-refractivity contribution is -0.115. The molecular formula is C10H20N2O4S. The molecule has 1 aliphatic rings. The molecule has 2 unspecified atom stereocenters. The zero-order chi connectivity index (χ0) is 12.9. The minimum Gasteiger partial charge on any atom is -0.377 e. The molecule has 0 bridgehead atoms. The van der Waals surface area contributed by atoms with Crippen LogP contribution in [0.1, 0.15) is 19.8 Å². The standard InChI is InChI=1S/C10H20N2O4S/c1-8(9-3-2-5-16-9)12-4-6-17(14,15)7-10(11)13/h8-9,12H,2-7H2,1H3,(H2,11,13). The number of ether oxygens (including phenoxy) is 1. The molecule has 1 rings (SSSR count). The summed E-state index contributed by atoms with van der Waals surface area (Å²) in [6.07, 6.45) is 2.22. The number of hydrogen-bond acceptors (Lipinski definition) is 5. The molecule has 1 aliphatic heterocycles. The lowest BCUT2D eigenvalue weighted by atomic mass is 10.1. The highest BCUT2D eigenvalue weighted by atomic mass is 32.2. The van der Waals surface area contributed by atoms with Crippen LogP contribution in [0.25, 0.3) is 0 Å². The van der Waals surface area contributed by atoms with Gasteiger partial charge in [0.05, 0.1) is 11.9 Å². The molecule has 0 radical (unpaired) electrons. The molecule has 0 aromatic heterocycles. The SMILES string of the molecule is CC(NCCS(=O)(=O)CC(N)=O)C1CCCO1. The lowest BCUT2D eigenvalue weighted by Gasteiger charge is -2.19. The van der Waals surface area contributed by atoms with Crippen molar-refractivity contribution in [1.82, 2.24) is 5.32 Å². The van der Waals surface area contributed by atoms with Crippen molar-refractivity contribution in [2.75, 3.05) is 24.7 Å². The molecular weight excluding hydrogens is 244 g/mol. The van der Waals surface area contributed by atoms with E-state index in [1.165, 1.54) is 0 Å². The summed E-state index contributed by atoms with van der Waals surface area (Å²) in [6.45, 7) is 3.06. The van der Waals surface area contributed by atoms with Gasteiger partial charge in [0.1, 0.15) is 5.75 Å². The van der Waals surface area contributed by atoms with Gasteiger partial charge in [-0.25, -0.2) is 8.42 Å². The van der Waals surface area contributed by atoms with Gasteiger partial charge in [-0.2, -0.15) is 0 Å². The Balaban J connectivity index is 2.24. The molecule has 6 nitrogen and oxygen atoms in total. The van der Waals surface area contributed by atoms with E-state index in [2.05, 4.69) is 5.32 Å². The Bertz CT molecular complexity index is 349. The highest BCUT2D eigenvalue weighted by molar-refractivity contribution is 7.92. The summed E-state index contributed by atoms with van der Waals surface area (Å²) < 4.78 is 28.2. The van der Waals surface area contributed by atoms with E-state index in [-0.39, 0.29) is 17.9 Å². The molecule has 0 aromatic carbocycles. The number of carbonyl (C=O) groups is 1. The first-order chi connectivity index (χ1) is 7.91. The van der Waals surface area contributed by atoms with E-state index in [0.717, 1.165) is 19.4 Å². The van der Waals surface area contributed by atoms with Crippen LogP contribution >= 0.6 is 0 Å². The van der Waals surface area contributed by atoms with Crippen molar-refractivity contribution in [3.63, 3.8) is 0 Å². The minimum atomic E-state index is -3.38. The van der Waals surface area contributed by atoms with Crippen molar-refractivity contribution in [3.05, 3.63) is 0 Å². The van der Waals surface area contributed by atoms with Crippen molar-refractivity contribution < 1.29 is 17.9 Å². The maximum Gasteiger partial charge on any atom is 0.232 e. The second-order valence-electron chi connectivity index (χ2n) is 4.35. The van der Waals surface area contributed by atoms with Gasteiger partial charge in [0.25, 0.3) is 0 Å². The fraction of sp³-hybridized carbons (Fsp3) is 0.900.